The van der Waals surface area contributed by atoms with Gasteiger partial charge in [0.1, 0.15) is 28.2 Å². The van der Waals surface area contributed by atoms with Crippen LogP contribution in [0, 0.1) is 0 Å². The highest BCUT2D eigenvalue weighted by Gasteiger charge is 2.13. The van der Waals surface area contributed by atoms with E-state index in [-0.39, 0.29) is 6.42 Å². The molecule has 0 saturated carbocycles. The Labute approximate surface area is 206 Å². The third-order valence-corrected chi connectivity index (χ3v) is 6.28. The summed E-state index contributed by atoms with van der Waals surface area (Å²) in [4.78, 5) is 13.6. The molecule has 0 aliphatic heterocycles. The summed E-state index contributed by atoms with van der Waals surface area (Å²) in [5.41, 5.74) is 4.25. The highest BCUT2D eigenvalue weighted by Crippen LogP contribution is 2.32. The zero-order valence-corrected chi connectivity index (χ0v) is 19.6. The average Bonchev–Trinajstić information content (AvgIpc) is 3.55. The summed E-state index contributed by atoms with van der Waals surface area (Å²) in [5, 5.41) is 20.2. The molecule has 0 aliphatic rings. The molecule has 2 heterocycles. The van der Waals surface area contributed by atoms with Crippen molar-refractivity contribution in [3.05, 3.63) is 89.8 Å². The SMILES string of the molecule is O=C(O)Cc1ccc(OCCCOc2ccc(-c3cccs3)cc2-n2nc3ccccc3n2)cc1. The molecular formula is C27H23N3O4S. The van der Waals surface area contributed by atoms with Crippen LogP contribution < -0.4 is 9.47 Å². The third kappa shape index (κ3) is 5.50. The highest BCUT2D eigenvalue weighted by molar-refractivity contribution is 7.13. The molecule has 0 unspecified atom stereocenters. The number of carboxylic acids is 1. The van der Waals surface area contributed by atoms with Crippen LogP contribution in [0.3, 0.4) is 0 Å². The Balaban J connectivity index is 1.26. The van der Waals surface area contributed by atoms with Crippen LogP contribution in [0.5, 0.6) is 11.5 Å². The number of hydrogen-bond donors (Lipinski definition) is 1. The molecule has 0 radical (unpaired) electrons. The van der Waals surface area contributed by atoms with E-state index in [0.29, 0.717) is 31.1 Å². The van der Waals surface area contributed by atoms with Gasteiger partial charge in [0.05, 0.1) is 19.6 Å². The molecule has 35 heavy (non-hydrogen) atoms. The molecule has 0 aliphatic carbocycles. The topological polar surface area (TPSA) is 86.5 Å². The predicted molar refractivity (Wildman–Crippen MR) is 136 cm³/mol. The van der Waals surface area contributed by atoms with Crippen LogP contribution in [0.2, 0.25) is 0 Å². The maximum absolute atomic E-state index is 10.8. The van der Waals surface area contributed by atoms with Gasteiger partial charge in [-0.25, -0.2) is 0 Å². The van der Waals surface area contributed by atoms with Crippen molar-refractivity contribution in [2.75, 3.05) is 13.2 Å². The van der Waals surface area contributed by atoms with E-state index < -0.39 is 5.97 Å². The molecule has 0 saturated heterocycles. The summed E-state index contributed by atoms with van der Waals surface area (Å²) in [7, 11) is 0. The van der Waals surface area contributed by atoms with E-state index in [0.717, 1.165) is 32.7 Å². The van der Waals surface area contributed by atoms with Crippen molar-refractivity contribution in [2.45, 2.75) is 12.8 Å². The lowest BCUT2D eigenvalue weighted by Gasteiger charge is -2.13. The fourth-order valence-corrected chi connectivity index (χ4v) is 4.39. The largest absolute Gasteiger partial charge is 0.493 e. The van der Waals surface area contributed by atoms with Crippen LogP contribution >= 0.6 is 11.3 Å². The standard InChI is InChI=1S/C27H23N3O4S/c31-27(32)17-19-8-11-21(12-9-19)33-14-4-15-34-25-13-10-20(26-7-3-16-35-26)18-24(25)30-28-22-5-1-2-6-23(22)29-30/h1-3,5-13,16,18H,4,14-15,17H2,(H,31,32). The fourth-order valence-electron chi connectivity index (χ4n) is 3.67. The Morgan fingerprint density at radius 3 is 2.31 bits per heavy atom. The molecule has 5 aromatic rings. The van der Waals surface area contributed by atoms with E-state index in [9.17, 15) is 4.79 Å². The molecular weight excluding hydrogens is 462 g/mol. The van der Waals surface area contributed by atoms with E-state index >= 15 is 0 Å². The van der Waals surface area contributed by atoms with Crippen molar-refractivity contribution in [1.29, 1.82) is 0 Å². The van der Waals surface area contributed by atoms with E-state index in [1.54, 1.807) is 40.4 Å². The zero-order valence-electron chi connectivity index (χ0n) is 18.8. The Hall–Kier alpha value is -4.17. The number of carboxylic acid groups (broad SMARTS) is 1. The van der Waals surface area contributed by atoms with E-state index in [4.69, 9.17) is 14.6 Å². The van der Waals surface area contributed by atoms with Gasteiger partial charge in [-0.2, -0.15) is 0 Å². The molecule has 2 aromatic heterocycles. The molecule has 0 bridgehead atoms. The predicted octanol–water partition coefficient (Wildman–Crippen LogP) is 5.62. The monoisotopic (exact) mass is 485 g/mol. The van der Waals surface area contributed by atoms with Crippen LogP contribution in [0.15, 0.2) is 84.2 Å². The van der Waals surface area contributed by atoms with Crippen LogP contribution in [-0.2, 0) is 11.2 Å². The Kier molecular flexibility index (Phi) is 6.72. The summed E-state index contributed by atoms with van der Waals surface area (Å²) >= 11 is 1.68. The minimum absolute atomic E-state index is 0.00238. The molecule has 5 rings (SSSR count). The Bertz CT molecular complexity index is 1400. The minimum Gasteiger partial charge on any atom is -0.493 e. The summed E-state index contributed by atoms with van der Waals surface area (Å²) in [6.45, 7) is 0.939. The van der Waals surface area contributed by atoms with Gasteiger partial charge in [0, 0.05) is 11.3 Å². The van der Waals surface area contributed by atoms with Gasteiger partial charge in [-0.3, -0.25) is 4.79 Å². The molecule has 3 aromatic carbocycles. The lowest BCUT2D eigenvalue weighted by molar-refractivity contribution is -0.136. The number of aromatic nitrogens is 3. The molecule has 7 nitrogen and oxygen atoms in total. The van der Waals surface area contributed by atoms with Gasteiger partial charge in [-0.05, 0) is 65.0 Å². The third-order valence-electron chi connectivity index (χ3n) is 5.36. The van der Waals surface area contributed by atoms with Crippen molar-refractivity contribution in [3.63, 3.8) is 0 Å². The number of benzene rings is 3. The maximum Gasteiger partial charge on any atom is 0.307 e. The lowest BCUT2D eigenvalue weighted by atomic mass is 10.1. The van der Waals surface area contributed by atoms with Crippen molar-refractivity contribution < 1.29 is 19.4 Å². The van der Waals surface area contributed by atoms with Gasteiger partial charge in [-0.15, -0.1) is 26.3 Å². The van der Waals surface area contributed by atoms with Crippen molar-refractivity contribution in [1.82, 2.24) is 15.0 Å². The summed E-state index contributed by atoms with van der Waals surface area (Å²) in [6, 6.07) is 25.0. The first-order valence-corrected chi connectivity index (χ1v) is 12.1. The van der Waals surface area contributed by atoms with Crippen LogP contribution in [-0.4, -0.2) is 39.3 Å². The van der Waals surface area contributed by atoms with Crippen LogP contribution in [0.4, 0.5) is 0 Å². The van der Waals surface area contributed by atoms with Gasteiger partial charge in [0.2, 0.25) is 0 Å². The molecule has 176 valence electrons. The molecule has 8 heteroatoms. The quantitative estimate of drug-likeness (QED) is 0.258. The molecule has 0 amide bonds. The second kappa shape index (κ2) is 10.4. The van der Waals surface area contributed by atoms with Crippen molar-refractivity contribution in [3.8, 4) is 27.6 Å². The second-order valence-corrected chi connectivity index (χ2v) is 8.85. The molecule has 0 atom stereocenters. The average molecular weight is 486 g/mol. The summed E-state index contributed by atoms with van der Waals surface area (Å²) < 4.78 is 11.9. The summed E-state index contributed by atoms with van der Waals surface area (Å²) in [5.74, 6) is 0.549. The number of hydrogen-bond acceptors (Lipinski definition) is 6. The highest BCUT2D eigenvalue weighted by atomic mass is 32.1. The number of rotatable bonds is 10. The number of nitrogens with zero attached hydrogens (tertiary/aromatic N) is 3. The van der Waals surface area contributed by atoms with E-state index in [1.165, 1.54) is 0 Å². The lowest BCUT2D eigenvalue weighted by Crippen LogP contribution is -2.08. The maximum atomic E-state index is 10.8. The summed E-state index contributed by atoms with van der Waals surface area (Å²) in [6.07, 6.45) is 0.680. The van der Waals surface area contributed by atoms with Crippen LogP contribution in [0.1, 0.15) is 12.0 Å². The number of carbonyl (C=O) groups is 1. The van der Waals surface area contributed by atoms with Gasteiger partial charge in [0.15, 0.2) is 0 Å². The van der Waals surface area contributed by atoms with E-state index in [2.05, 4.69) is 27.7 Å². The Morgan fingerprint density at radius 1 is 0.886 bits per heavy atom. The van der Waals surface area contributed by atoms with Gasteiger partial charge < -0.3 is 14.6 Å². The van der Waals surface area contributed by atoms with Crippen molar-refractivity contribution >= 4 is 28.3 Å². The number of ether oxygens (including phenoxy) is 2. The van der Waals surface area contributed by atoms with Crippen molar-refractivity contribution in [2.24, 2.45) is 0 Å². The molecule has 0 spiro atoms. The number of thiophene rings is 1. The number of aliphatic carboxylic acids is 1. The Morgan fingerprint density at radius 2 is 1.63 bits per heavy atom. The second-order valence-electron chi connectivity index (χ2n) is 7.90. The normalized spacial score (nSPS) is 11.0. The smallest absolute Gasteiger partial charge is 0.307 e. The first-order valence-electron chi connectivity index (χ1n) is 11.2. The van der Waals surface area contributed by atoms with Crippen LogP contribution in [0.25, 0.3) is 27.2 Å². The fraction of sp³-hybridized carbons (Fsp3) is 0.148. The van der Waals surface area contributed by atoms with Gasteiger partial charge >= 0.3 is 5.97 Å². The molecule has 0 fully saturated rings. The van der Waals surface area contributed by atoms with Gasteiger partial charge in [-0.1, -0.05) is 30.3 Å². The zero-order chi connectivity index (χ0) is 24.0. The minimum atomic E-state index is -0.850. The molecule has 1 N–H and O–H groups in total. The van der Waals surface area contributed by atoms with Gasteiger partial charge in [0.25, 0.3) is 0 Å². The first-order chi connectivity index (χ1) is 17.2. The first kappa shape index (κ1) is 22.6. The van der Waals surface area contributed by atoms with E-state index in [1.807, 2.05) is 42.5 Å². The number of fused-ring (bicyclic) bond motifs is 1.